The largest absolute Gasteiger partial charge is 0.384 e. The molecule has 1 aromatic carbocycles. The molecule has 2 N–H and O–H groups in total. The average Bonchev–Trinajstić information content (AvgIpc) is 2.38. The number of hydrogen-bond donors (Lipinski definition) is 1. The molecule has 4 heteroatoms. The van der Waals surface area contributed by atoms with Crippen LogP contribution < -0.4 is 5.73 Å². The molecule has 0 atom stereocenters. The lowest BCUT2D eigenvalue weighted by atomic mass is 10.1. The molecule has 0 spiro atoms. The van der Waals surface area contributed by atoms with Gasteiger partial charge in [-0.1, -0.05) is 32.0 Å². The van der Waals surface area contributed by atoms with Gasteiger partial charge in [0.25, 0.3) is 0 Å². The molecule has 0 aliphatic heterocycles. The predicted molar refractivity (Wildman–Crippen MR) is 81.1 cm³/mol. The van der Waals surface area contributed by atoms with Crippen LogP contribution in [-0.2, 0) is 17.8 Å². The Morgan fingerprint density at radius 3 is 2.70 bits per heavy atom. The molecule has 2 aromatic rings. The Kier molecular flexibility index (Phi) is 4.69. The maximum Gasteiger partial charge on any atom is 0.161 e. The van der Waals surface area contributed by atoms with Crippen LogP contribution in [0, 0.1) is 5.92 Å². The zero-order chi connectivity index (χ0) is 14.5. The summed E-state index contributed by atoms with van der Waals surface area (Å²) in [6, 6.07) is 9.89. The summed E-state index contributed by atoms with van der Waals surface area (Å²) in [5, 5.41) is 0. The zero-order valence-corrected chi connectivity index (χ0v) is 12.3. The second kappa shape index (κ2) is 6.48. The van der Waals surface area contributed by atoms with E-state index >= 15 is 0 Å². The number of hydrogen-bond acceptors (Lipinski definition) is 4. The van der Waals surface area contributed by atoms with E-state index in [0.717, 1.165) is 23.2 Å². The minimum absolute atomic E-state index is 0.516. The van der Waals surface area contributed by atoms with E-state index in [4.69, 9.17) is 10.5 Å². The second-order valence-electron chi connectivity index (χ2n) is 5.34. The molecular formula is C16H21N3O. The number of benzene rings is 1. The number of nitrogen functional groups attached to an aromatic ring is 1. The molecule has 0 saturated heterocycles. The first kappa shape index (κ1) is 14.5. The third-order valence-corrected chi connectivity index (χ3v) is 2.91. The van der Waals surface area contributed by atoms with Crippen molar-refractivity contribution < 1.29 is 4.74 Å². The fraction of sp³-hybridized carbons (Fsp3) is 0.375. The van der Waals surface area contributed by atoms with Gasteiger partial charge >= 0.3 is 0 Å². The highest BCUT2D eigenvalue weighted by Crippen LogP contribution is 2.20. The highest BCUT2D eigenvalue weighted by Gasteiger charge is 2.07. The summed E-state index contributed by atoms with van der Waals surface area (Å²) in [5.74, 6) is 1.73. The van der Waals surface area contributed by atoms with Gasteiger partial charge in [0.15, 0.2) is 5.82 Å². The number of ether oxygens (including phenoxy) is 1. The maximum atomic E-state index is 5.89. The smallest absolute Gasteiger partial charge is 0.161 e. The molecule has 0 unspecified atom stereocenters. The Hall–Kier alpha value is -1.94. The zero-order valence-electron chi connectivity index (χ0n) is 12.3. The Labute approximate surface area is 120 Å². The van der Waals surface area contributed by atoms with Crippen LogP contribution in [0.1, 0.15) is 25.1 Å². The Bertz CT molecular complexity index is 582. The lowest BCUT2D eigenvalue weighted by molar-refractivity contribution is 0.185. The van der Waals surface area contributed by atoms with Crippen LogP contribution in [0.25, 0.3) is 11.4 Å². The van der Waals surface area contributed by atoms with Gasteiger partial charge in [0.05, 0.1) is 6.61 Å². The van der Waals surface area contributed by atoms with Crippen LogP contribution in [0.15, 0.2) is 30.3 Å². The summed E-state index contributed by atoms with van der Waals surface area (Å²) in [4.78, 5) is 8.95. The van der Waals surface area contributed by atoms with Crippen molar-refractivity contribution in [3.8, 4) is 11.4 Å². The summed E-state index contributed by atoms with van der Waals surface area (Å²) in [7, 11) is 1.68. The third-order valence-electron chi connectivity index (χ3n) is 2.91. The average molecular weight is 271 g/mol. The fourth-order valence-corrected chi connectivity index (χ4v) is 2.14. The molecule has 2 rings (SSSR count). The highest BCUT2D eigenvalue weighted by molar-refractivity contribution is 5.58. The molecule has 1 aromatic heterocycles. The number of anilines is 1. The van der Waals surface area contributed by atoms with Gasteiger partial charge in [0, 0.05) is 24.4 Å². The van der Waals surface area contributed by atoms with Gasteiger partial charge in [0.1, 0.15) is 5.82 Å². The van der Waals surface area contributed by atoms with Crippen molar-refractivity contribution in [3.63, 3.8) is 0 Å². The number of nitrogens with two attached hydrogens (primary N) is 1. The molecule has 0 amide bonds. The van der Waals surface area contributed by atoms with Crippen LogP contribution in [0.2, 0.25) is 0 Å². The molecule has 0 aliphatic carbocycles. The first-order chi connectivity index (χ1) is 9.58. The molecule has 0 aliphatic rings. The van der Waals surface area contributed by atoms with E-state index in [1.54, 1.807) is 7.11 Å². The monoisotopic (exact) mass is 271 g/mol. The summed E-state index contributed by atoms with van der Waals surface area (Å²) >= 11 is 0. The van der Waals surface area contributed by atoms with Gasteiger partial charge in [-0.2, -0.15) is 0 Å². The topological polar surface area (TPSA) is 61.0 Å². The molecule has 20 heavy (non-hydrogen) atoms. The molecule has 0 bridgehead atoms. The van der Waals surface area contributed by atoms with Crippen LogP contribution in [0.5, 0.6) is 0 Å². The van der Waals surface area contributed by atoms with E-state index in [1.807, 2.05) is 30.3 Å². The quantitative estimate of drug-likeness (QED) is 0.907. The standard InChI is InChI=1S/C16H21N3O/c1-11(2)7-14-9-15(17)19-16(18-14)13-6-4-5-12(8-13)10-20-3/h4-6,8-9,11H,7,10H2,1-3H3,(H2,17,18,19). The van der Waals surface area contributed by atoms with Crippen molar-refractivity contribution >= 4 is 5.82 Å². The Balaban J connectivity index is 2.36. The van der Waals surface area contributed by atoms with Crippen molar-refractivity contribution in [1.29, 1.82) is 0 Å². The summed E-state index contributed by atoms with van der Waals surface area (Å²) in [6.45, 7) is 4.91. The van der Waals surface area contributed by atoms with Crippen molar-refractivity contribution in [2.75, 3.05) is 12.8 Å². The minimum Gasteiger partial charge on any atom is -0.384 e. The second-order valence-corrected chi connectivity index (χ2v) is 5.34. The van der Waals surface area contributed by atoms with Gasteiger partial charge in [-0.25, -0.2) is 9.97 Å². The van der Waals surface area contributed by atoms with Gasteiger partial charge in [-0.3, -0.25) is 0 Å². The molecule has 106 valence electrons. The van der Waals surface area contributed by atoms with Crippen molar-refractivity contribution in [2.45, 2.75) is 26.9 Å². The third kappa shape index (κ3) is 3.78. The molecule has 0 radical (unpaired) electrons. The van der Waals surface area contributed by atoms with E-state index in [-0.39, 0.29) is 0 Å². The van der Waals surface area contributed by atoms with E-state index in [1.165, 1.54) is 0 Å². The van der Waals surface area contributed by atoms with Crippen molar-refractivity contribution in [1.82, 2.24) is 9.97 Å². The van der Waals surface area contributed by atoms with Gasteiger partial charge in [-0.05, 0) is 24.0 Å². The van der Waals surface area contributed by atoms with Gasteiger partial charge in [-0.15, -0.1) is 0 Å². The summed E-state index contributed by atoms with van der Waals surface area (Å²) in [5.41, 5.74) is 8.95. The highest BCUT2D eigenvalue weighted by atomic mass is 16.5. The molecule has 1 heterocycles. The number of rotatable bonds is 5. The summed E-state index contributed by atoms with van der Waals surface area (Å²) in [6.07, 6.45) is 0.900. The molecule has 4 nitrogen and oxygen atoms in total. The van der Waals surface area contributed by atoms with Crippen LogP contribution in [-0.4, -0.2) is 17.1 Å². The van der Waals surface area contributed by atoms with Crippen molar-refractivity contribution in [2.24, 2.45) is 5.92 Å². The van der Waals surface area contributed by atoms with Crippen LogP contribution in [0.3, 0.4) is 0 Å². The Morgan fingerprint density at radius 2 is 2.00 bits per heavy atom. The van der Waals surface area contributed by atoms with E-state index in [0.29, 0.717) is 24.2 Å². The van der Waals surface area contributed by atoms with Crippen LogP contribution >= 0.6 is 0 Å². The lowest BCUT2D eigenvalue weighted by Gasteiger charge is -2.09. The van der Waals surface area contributed by atoms with E-state index in [9.17, 15) is 0 Å². The maximum absolute atomic E-state index is 5.89. The van der Waals surface area contributed by atoms with Crippen molar-refractivity contribution in [3.05, 3.63) is 41.6 Å². The first-order valence-corrected chi connectivity index (χ1v) is 6.80. The SMILES string of the molecule is COCc1cccc(-c2nc(N)cc(CC(C)C)n2)c1. The molecule has 0 saturated carbocycles. The van der Waals surface area contributed by atoms with Gasteiger partial charge < -0.3 is 10.5 Å². The Morgan fingerprint density at radius 1 is 1.20 bits per heavy atom. The van der Waals surface area contributed by atoms with E-state index < -0.39 is 0 Å². The van der Waals surface area contributed by atoms with Crippen LogP contribution in [0.4, 0.5) is 5.82 Å². The predicted octanol–water partition coefficient (Wildman–Crippen LogP) is 3.07. The first-order valence-electron chi connectivity index (χ1n) is 6.80. The minimum atomic E-state index is 0.516. The van der Waals surface area contributed by atoms with E-state index in [2.05, 4.69) is 23.8 Å². The number of nitrogens with zero attached hydrogens (tertiary/aromatic N) is 2. The lowest BCUT2D eigenvalue weighted by Crippen LogP contribution is -2.03. The molecular weight excluding hydrogens is 250 g/mol. The summed E-state index contributed by atoms with van der Waals surface area (Å²) < 4.78 is 5.15. The van der Waals surface area contributed by atoms with Gasteiger partial charge in [0.2, 0.25) is 0 Å². The molecule has 0 fully saturated rings. The fourth-order valence-electron chi connectivity index (χ4n) is 2.14. The normalized spacial score (nSPS) is 11.0. The number of methoxy groups -OCH3 is 1. The number of aromatic nitrogens is 2.